The molecule has 0 unspecified atom stereocenters. The topological polar surface area (TPSA) is 21.3 Å². The van der Waals surface area contributed by atoms with Gasteiger partial charge in [0, 0.05) is 6.54 Å². The Morgan fingerprint density at radius 2 is 2.11 bits per heavy atom. The highest BCUT2D eigenvalue weighted by Crippen LogP contribution is 2.27. The Hall–Kier alpha value is -1.14. The second-order valence-corrected chi connectivity index (χ2v) is 5.78. The number of hydrogen-bond acceptors (Lipinski definition) is 3. The molecular formula is C12H10BrF2NOS. The Kier molecular flexibility index (Phi) is 4.54. The van der Waals surface area contributed by atoms with Gasteiger partial charge in [-0.3, -0.25) is 0 Å². The summed E-state index contributed by atoms with van der Waals surface area (Å²) in [6.07, 6.45) is 0. The maximum absolute atomic E-state index is 12.2. The lowest BCUT2D eigenvalue weighted by molar-refractivity contribution is -0.0493. The maximum Gasteiger partial charge on any atom is 0.387 e. The van der Waals surface area contributed by atoms with Gasteiger partial charge in [-0.15, -0.1) is 11.3 Å². The van der Waals surface area contributed by atoms with E-state index in [1.54, 1.807) is 29.5 Å². The number of ether oxygens (including phenoxy) is 1. The minimum atomic E-state index is -2.82. The lowest BCUT2D eigenvalue weighted by Gasteiger charge is -2.11. The van der Waals surface area contributed by atoms with E-state index in [1.165, 1.54) is 6.07 Å². The monoisotopic (exact) mass is 333 g/mol. The number of para-hydroxylation sites is 2. The summed E-state index contributed by atoms with van der Waals surface area (Å²) in [5, 5.41) is 5.07. The van der Waals surface area contributed by atoms with E-state index in [9.17, 15) is 8.78 Å². The van der Waals surface area contributed by atoms with Gasteiger partial charge in [-0.1, -0.05) is 12.1 Å². The number of halogens is 3. The van der Waals surface area contributed by atoms with Crippen LogP contribution in [0.3, 0.4) is 0 Å². The molecule has 0 bridgehead atoms. The summed E-state index contributed by atoms with van der Waals surface area (Å²) in [6.45, 7) is -2.26. The SMILES string of the molecule is FC(F)Oc1ccccc1NCc1csc(Br)c1. The van der Waals surface area contributed by atoms with E-state index >= 15 is 0 Å². The summed E-state index contributed by atoms with van der Waals surface area (Å²) in [7, 11) is 0. The van der Waals surface area contributed by atoms with Crippen LogP contribution in [-0.2, 0) is 6.54 Å². The van der Waals surface area contributed by atoms with Crippen molar-refractivity contribution in [2.75, 3.05) is 5.32 Å². The van der Waals surface area contributed by atoms with E-state index in [2.05, 4.69) is 26.0 Å². The van der Waals surface area contributed by atoms with Crippen LogP contribution in [0, 0.1) is 0 Å². The number of benzene rings is 1. The highest BCUT2D eigenvalue weighted by molar-refractivity contribution is 9.11. The van der Waals surface area contributed by atoms with Crippen molar-refractivity contribution in [2.24, 2.45) is 0 Å². The van der Waals surface area contributed by atoms with E-state index < -0.39 is 6.61 Å². The smallest absolute Gasteiger partial charge is 0.387 e. The Bertz CT molecular complexity index is 518. The highest BCUT2D eigenvalue weighted by atomic mass is 79.9. The molecule has 6 heteroatoms. The Labute approximate surface area is 116 Å². The molecule has 0 aliphatic carbocycles. The van der Waals surface area contributed by atoms with Crippen molar-refractivity contribution in [3.63, 3.8) is 0 Å². The zero-order chi connectivity index (χ0) is 13.0. The molecule has 0 spiro atoms. The normalized spacial score (nSPS) is 10.7. The van der Waals surface area contributed by atoms with Crippen LogP contribution in [0.1, 0.15) is 5.56 Å². The fourth-order valence-corrected chi connectivity index (χ4v) is 2.66. The maximum atomic E-state index is 12.2. The van der Waals surface area contributed by atoms with E-state index in [1.807, 2.05) is 11.4 Å². The minimum absolute atomic E-state index is 0.154. The van der Waals surface area contributed by atoms with Crippen molar-refractivity contribution in [3.8, 4) is 5.75 Å². The van der Waals surface area contributed by atoms with Gasteiger partial charge in [0.05, 0.1) is 9.47 Å². The molecule has 1 aromatic heterocycles. The number of thiophene rings is 1. The van der Waals surface area contributed by atoms with Crippen LogP contribution >= 0.6 is 27.3 Å². The Morgan fingerprint density at radius 3 is 2.78 bits per heavy atom. The van der Waals surface area contributed by atoms with E-state index in [0.29, 0.717) is 12.2 Å². The number of hydrogen-bond donors (Lipinski definition) is 1. The van der Waals surface area contributed by atoms with Gasteiger partial charge in [0.1, 0.15) is 5.75 Å². The molecule has 2 aromatic rings. The van der Waals surface area contributed by atoms with E-state index in [-0.39, 0.29) is 5.75 Å². The van der Waals surface area contributed by atoms with Gasteiger partial charge in [0.2, 0.25) is 0 Å². The van der Waals surface area contributed by atoms with Crippen molar-refractivity contribution >= 4 is 33.0 Å². The molecule has 1 N–H and O–H groups in total. The van der Waals surface area contributed by atoms with Gasteiger partial charge < -0.3 is 10.1 Å². The molecule has 0 saturated carbocycles. The third kappa shape index (κ3) is 3.68. The summed E-state index contributed by atoms with van der Waals surface area (Å²) in [6, 6.07) is 8.62. The highest BCUT2D eigenvalue weighted by Gasteiger charge is 2.08. The lowest BCUT2D eigenvalue weighted by atomic mass is 10.2. The molecule has 1 aromatic carbocycles. The third-order valence-corrected chi connectivity index (χ3v) is 3.76. The second kappa shape index (κ2) is 6.15. The zero-order valence-corrected chi connectivity index (χ0v) is 11.6. The molecule has 1 heterocycles. The van der Waals surface area contributed by atoms with Crippen LogP contribution in [0.25, 0.3) is 0 Å². The quantitative estimate of drug-likeness (QED) is 0.854. The summed E-state index contributed by atoms with van der Waals surface area (Å²) in [4.78, 5) is 0. The molecule has 0 aliphatic heterocycles. The van der Waals surface area contributed by atoms with Crippen LogP contribution in [0.2, 0.25) is 0 Å². The summed E-state index contributed by atoms with van der Waals surface area (Å²) < 4.78 is 29.9. The van der Waals surface area contributed by atoms with Gasteiger partial charge in [0.15, 0.2) is 0 Å². The van der Waals surface area contributed by atoms with Gasteiger partial charge in [-0.25, -0.2) is 0 Å². The van der Waals surface area contributed by atoms with Crippen LogP contribution in [0.15, 0.2) is 39.5 Å². The van der Waals surface area contributed by atoms with Crippen molar-refractivity contribution in [1.29, 1.82) is 0 Å². The minimum Gasteiger partial charge on any atom is -0.433 e. The number of nitrogens with one attached hydrogen (secondary N) is 1. The molecule has 96 valence electrons. The van der Waals surface area contributed by atoms with Crippen molar-refractivity contribution < 1.29 is 13.5 Å². The Morgan fingerprint density at radius 1 is 1.33 bits per heavy atom. The first-order valence-electron chi connectivity index (χ1n) is 5.16. The average molecular weight is 334 g/mol. The fraction of sp³-hybridized carbons (Fsp3) is 0.167. The molecule has 0 amide bonds. The second-order valence-electron chi connectivity index (χ2n) is 3.49. The summed E-state index contributed by atoms with van der Waals surface area (Å²) >= 11 is 4.95. The van der Waals surface area contributed by atoms with Crippen LogP contribution < -0.4 is 10.1 Å². The average Bonchev–Trinajstić information content (AvgIpc) is 2.73. The predicted molar refractivity (Wildman–Crippen MR) is 72.4 cm³/mol. The van der Waals surface area contributed by atoms with Crippen molar-refractivity contribution in [1.82, 2.24) is 0 Å². The predicted octanol–water partition coefficient (Wildman–Crippen LogP) is 4.72. The van der Waals surface area contributed by atoms with Gasteiger partial charge in [0.25, 0.3) is 0 Å². The van der Waals surface area contributed by atoms with Gasteiger partial charge >= 0.3 is 6.61 Å². The number of anilines is 1. The first-order valence-corrected chi connectivity index (χ1v) is 6.83. The molecule has 0 radical (unpaired) electrons. The number of rotatable bonds is 5. The molecule has 0 aliphatic rings. The standard InChI is InChI=1S/C12H10BrF2NOS/c13-11-5-8(7-18-11)6-16-9-3-1-2-4-10(9)17-12(14)15/h1-5,7,12,16H,6H2. The Balaban J connectivity index is 2.04. The molecule has 2 nitrogen and oxygen atoms in total. The molecule has 2 rings (SSSR count). The summed E-state index contributed by atoms with van der Waals surface area (Å²) in [5.74, 6) is 0.154. The molecule has 0 atom stereocenters. The van der Waals surface area contributed by atoms with Crippen LogP contribution in [0.5, 0.6) is 5.75 Å². The third-order valence-electron chi connectivity index (χ3n) is 2.21. The molecule has 0 fully saturated rings. The van der Waals surface area contributed by atoms with Crippen molar-refractivity contribution in [2.45, 2.75) is 13.2 Å². The molecular weight excluding hydrogens is 324 g/mol. The zero-order valence-electron chi connectivity index (χ0n) is 9.20. The van der Waals surface area contributed by atoms with Crippen LogP contribution in [-0.4, -0.2) is 6.61 Å². The number of alkyl halides is 2. The molecule has 18 heavy (non-hydrogen) atoms. The van der Waals surface area contributed by atoms with Gasteiger partial charge in [-0.05, 0) is 45.1 Å². The largest absolute Gasteiger partial charge is 0.433 e. The van der Waals surface area contributed by atoms with Gasteiger partial charge in [-0.2, -0.15) is 8.78 Å². The first kappa shape index (κ1) is 13.3. The molecule has 0 saturated heterocycles. The first-order chi connectivity index (χ1) is 8.65. The fourth-order valence-electron chi connectivity index (χ4n) is 1.45. The summed E-state index contributed by atoms with van der Waals surface area (Å²) in [5.41, 5.74) is 1.64. The van der Waals surface area contributed by atoms with Crippen LogP contribution in [0.4, 0.5) is 14.5 Å². The van der Waals surface area contributed by atoms with Crippen molar-refractivity contribution in [3.05, 3.63) is 45.1 Å². The lowest BCUT2D eigenvalue weighted by Crippen LogP contribution is -2.06. The van der Waals surface area contributed by atoms with E-state index in [4.69, 9.17) is 0 Å². The van der Waals surface area contributed by atoms with E-state index in [0.717, 1.165) is 9.35 Å².